The lowest BCUT2D eigenvalue weighted by Crippen LogP contribution is -2.53. The SMILES string of the molecule is CC(C)CC(N)C(=O)N1CCOC[C@H]1C. The molecule has 1 rings (SSSR count). The van der Waals surface area contributed by atoms with Crippen LogP contribution in [0.5, 0.6) is 0 Å². The molecule has 4 heteroatoms. The second-order valence-electron chi connectivity index (χ2n) is 4.69. The summed E-state index contributed by atoms with van der Waals surface area (Å²) in [7, 11) is 0. The topological polar surface area (TPSA) is 55.6 Å². The molecule has 2 atom stereocenters. The molecule has 0 radical (unpaired) electrons. The third-order valence-electron chi connectivity index (χ3n) is 2.69. The summed E-state index contributed by atoms with van der Waals surface area (Å²) in [6.07, 6.45) is 0.753. The van der Waals surface area contributed by atoms with Crippen molar-refractivity contribution in [3.8, 4) is 0 Å². The molecular formula is C11H22N2O2. The Morgan fingerprint density at radius 2 is 2.27 bits per heavy atom. The average molecular weight is 214 g/mol. The number of carbonyl (C=O) groups is 1. The number of amides is 1. The highest BCUT2D eigenvalue weighted by atomic mass is 16.5. The third-order valence-corrected chi connectivity index (χ3v) is 2.69. The van der Waals surface area contributed by atoms with Crippen LogP contribution >= 0.6 is 0 Å². The molecule has 15 heavy (non-hydrogen) atoms. The molecule has 4 nitrogen and oxygen atoms in total. The van der Waals surface area contributed by atoms with E-state index in [1.54, 1.807) is 0 Å². The van der Waals surface area contributed by atoms with Gasteiger partial charge in [0.05, 0.1) is 25.3 Å². The van der Waals surface area contributed by atoms with Crippen molar-refractivity contribution in [2.24, 2.45) is 11.7 Å². The van der Waals surface area contributed by atoms with Crippen LogP contribution in [0.25, 0.3) is 0 Å². The van der Waals surface area contributed by atoms with Gasteiger partial charge in [-0.25, -0.2) is 0 Å². The van der Waals surface area contributed by atoms with Crippen molar-refractivity contribution in [2.75, 3.05) is 19.8 Å². The Kier molecular flexibility index (Phi) is 4.54. The van der Waals surface area contributed by atoms with E-state index in [0.717, 1.165) is 6.42 Å². The van der Waals surface area contributed by atoms with E-state index in [4.69, 9.17) is 10.5 Å². The van der Waals surface area contributed by atoms with Crippen LogP contribution in [0.1, 0.15) is 27.2 Å². The largest absolute Gasteiger partial charge is 0.377 e. The summed E-state index contributed by atoms with van der Waals surface area (Å²) in [6.45, 7) is 8.08. The minimum absolute atomic E-state index is 0.0690. The molecule has 0 bridgehead atoms. The van der Waals surface area contributed by atoms with E-state index < -0.39 is 0 Å². The average Bonchev–Trinajstić information content (AvgIpc) is 2.16. The molecule has 0 aliphatic carbocycles. The van der Waals surface area contributed by atoms with E-state index in [0.29, 0.717) is 25.7 Å². The summed E-state index contributed by atoms with van der Waals surface area (Å²) < 4.78 is 5.29. The van der Waals surface area contributed by atoms with Crippen LogP contribution in [-0.4, -0.2) is 42.6 Å². The van der Waals surface area contributed by atoms with Crippen LogP contribution in [0.4, 0.5) is 0 Å². The molecule has 0 spiro atoms. The first-order valence-electron chi connectivity index (χ1n) is 5.66. The number of morpholine rings is 1. The lowest BCUT2D eigenvalue weighted by molar-refractivity contribution is -0.140. The van der Waals surface area contributed by atoms with E-state index in [2.05, 4.69) is 13.8 Å². The number of rotatable bonds is 3. The summed E-state index contributed by atoms with van der Waals surface area (Å²) in [6, 6.07) is -0.199. The Morgan fingerprint density at radius 1 is 1.60 bits per heavy atom. The summed E-state index contributed by atoms with van der Waals surface area (Å²) in [4.78, 5) is 13.8. The quantitative estimate of drug-likeness (QED) is 0.749. The zero-order chi connectivity index (χ0) is 11.4. The van der Waals surface area contributed by atoms with Crippen LogP contribution in [-0.2, 0) is 9.53 Å². The summed E-state index contributed by atoms with van der Waals surface area (Å²) in [5, 5.41) is 0. The van der Waals surface area contributed by atoms with Crippen LogP contribution in [0.15, 0.2) is 0 Å². The number of nitrogens with zero attached hydrogens (tertiary/aromatic N) is 1. The summed E-state index contributed by atoms with van der Waals surface area (Å²) in [5.74, 6) is 0.528. The Morgan fingerprint density at radius 3 is 2.80 bits per heavy atom. The Bertz CT molecular complexity index is 219. The van der Waals surface area contributed by atoms with Crippen LogP contribution in [0.3, 0.4) is 0 Å². The molecule has 1 aliphatic rings. The first-order valence-corrected chi connectivity index (χ1v) is 5.66. The molecule has 0 aromatic rings. The maximum atomic E-state index is 12.0. The molecule has 1 aliphatic heterocycles. The predicted molar refractivity (Wildman–Crippen MR) is 59.4 cm³/mol. The Balaban J connectivity index is 2.50. The Hall–Kier alpha value is -0.610. The van der Waals surface area contributed by atoms with Gasteiger partial charge >= 0.3 is 0 Å². The third kappa shape index (κ3) is 3.47. The smallest absolute Gasteiger partial charge is 0.239 e. The maximum absolute atomic E-state index is 12.0. The van der Waals surface area contributed by atoms with Crippen LogP contribution < -0.4 is 5.73 Å². The van der Waals surface area contributed by atoms with Crippen molar-refractivity contribution in [2.45, 2.75) is 39.3 Å². The van der Waals surface area contributed by atoms with Gasteiger partial charge in [-0.3, -0.25) is 4.79 Å². The fourth-order valence-corrected chi connectivity index (χ4v) is 1.88. The van der Waals surface area contributed by atoms with E-state index in [1.807, 2.05) is 11.8 Å². The number of carbonyl (C=O) groups excluding carboxylic acids is 1. The summed E-state index contributed by atoms with van der Waals surface area (Å²) in [5.41, 5.74) is 5.88. The van der Waals surface area contributed by atoms with Crippen molar-refractivity contribution in [3.63, 3.8) is 0 Å². The molecule has 1 saturated heterocycles. The van der Waals surface area contributed by atoms with Crippen molar-refractivity contribution >= 4 is 5.91 Å². The van der Waals surface area contributed by atoms with E-state index in [1.165, 1.54) is 0 Å². The minimum atomic E-state index is -0.356. The second-order valence-corrected chi connectivity index (χ2v) is 4.69. The molecule has 1 fully saturated rings. The van der Waals surface area contributed by atoms with Crippen LogP contribution in [0.2, 0.25) is 0 Å². The lowest BCUT2D eigenvalue weighted by Gasteiger charge is -2.35. The first-order chi connectivity index (χ1) is 7.02. The minimum Gasteiger partial charge on any atom is -0.377 e. The lowest BCUT2D eigenvalue weighted by atomic mass is 10.0. The first kappa shape index (κ1) is 12.5. The molecule has 0 saturated carbocycles. The molecule has 0 aromatic heterocycles. The normalized spacial score (nSPS) is 24.3. The van der Waals surface area contributed by atoms with Gasteiger partial charge < -0.3 is 15.4 Å². The monoisotopic (exact) mass is 214 g/mol. The maximum Gasteiger partial charge on any atom is 0.239 e. The van der Waals surface area contributed by atoms with Gasteiger partial charge in [0, 0.05) is 6.54 Å². The van der Waals surface area contributed by atoms with Crippen molar-refractivity contribution in [1.82, 2.24) is 4.90 Å². The van der Waals surface area contributed by atoms with Crippen molar-refractivity contribution in [1.29, 1.82) is 0 Å². The van der Waals surface area contributed by atoms with E-state index in [9.17, 15) is 4.79 Å². The van der Waals surface area contributed by atoms with Gasteiger partial charge in [0.15, 0.2) is 0 Å². The highest BCUT2D eigenvalue weighted by molar-refractivity contribution is 5.82. The van der Waals surface area contributed by atoms with Gasteiger partial charge in [0.1, 0.15) is 0 Å². The fraction of sp³-hybridized carbons (Fsp3) is 0.909. The van der Waals surface area contributed by atoms with Gasteiger partial charge in [0.25, 0.3) is 0 Å². The number of nitrogens with two attached hydrogens (primary N) is 1. The second kappa shape index (κ2) is 5.47. The van der Waals surface area contributed by atoms with Crippen molar-refractivity contribution in [3.05, 3.63) is 0 Å². The summed E-state index contributed by atoms with van der Waals surface area (Å²) >= 11 is 0. The molecule has 1 unspecified atom stereocenters. The number of ether oxygens (including phenoxy) is 1. The van der Waals surface area contributed by atoms with Crippen molar-refractivity contribution < 1.29 is 9.53 Å². The van der Waals surface area contributed by atoms with E-state index >= 15 is 0 Å². The highest BCUT2D eigenvalue weighted by Crippen LogP contribution is 2.11. The fourth-order valence-electron chi connectivity index (χ4n) is 1.88. The van der Waals surface area contributed by atoms with E-state index in [-0.39, 0.29) is 18.0 Å². The van der Waals surface area contributed by atoms with Gasteiger partial charge in [-0.05, 0) is 19.3 Å². The van der Waals surface area contributed by atoms with Crippen LogP contribution in [0, 0.1) is 5.92 Å². The molecule has 88 valence electrons. The molecule has 1 amide bonds. The van der Waals surface area contributed by atoms with Gasteiger partial charge in [-0.2, -0.15) is 0 Å². The van der Waals surface area contributed by atoms with Gasteiger partial charge in [-0.1, -0.05) is 13.8 Å². The van der Waals surface area contributed by atoms with Gasteiger partial charge in [-0.15, -0.1) is 0 Å². The van der Waals surface area contributed by atoms with Gasteiger partial charge in [0.2, 0.25) is 5.91 Å². The molecule has 0 aromatic carbocycles. The molecule has 2 N–H and O–H groups in total. The number of hydrogen-bond donors (Lipinski definition) is 1. The molecule has 1 heterocycles. The highest BCUT2D eigenvalue weighted by Gasteiger charge is 2.27. The standard InChI is InChI=1S/C11H22N2O2/c1-8(2)6-10(12)11(14)13-4-5-15-7-9(13)3/h8-10H,4-7,12H2,1-3H3/t9-,10?/m1/s1. The Labute approximate surface area is 91.8 Å². The zero-order valence-corrected chi connectivity index (χ0v) is 9.90. The number of hydrogen-bond acceptors (Lipinski definition) is 3. The predicted octanol–water partition coefficient (Wildman–Crippen LogP) is 0.607. The molecular weight excluding hydrogens is 192 g/mol. The zero-order valence-electron chi connectivity index (χ0n) is 9.90.